The third-order valence-electron chi connectivity index (χ3n) is 3.43. The van der Waals surface area contributed by atoms with Crippen LogP contribution in [0.15, 0.2) is 24.3 Å². The molecule has 0 aliphatic heterocycles. The molecule has 1 unspecified atom stereocenters. The molecule has 4 heteroatoms. The van der Waals surface area contributed by atoms with Gasteiger partial charge in [-0.25, -0.2) is 0 Å². The number of hydrogen-bond acceptors (Lipinski definition) is 3. The number of benzene rings is 1. The Hall–Kier alpha value is -1.39. The first-order valence-electron chi connectivity index (χ1n) is 7.87. The number of nitrogens with one attached hydrogen (secondary N) is 1. The lowest BCUT2D eigenvalue weighted by atomic mass is 9.86. The van der Waals surface area contributed by atoms with Crippen LogP contribution in [0.4, 0.5) is 0 Å². The van der Waals surface area contributed by atoms with E-state index in [4.69, 9.17) is 4.74 Å². The van der Waals surface area contributed by atoms with Gasteiger partial charge < -0.3 is 15.2 Å². The molecule has 4 nitrogen and oxygen atoms in total. The van der Waals surface area contributed by atoms with Gasteiger partial charge in [0.25, 0.3) is 0 Å². The minimum atomic E-state index is -0.691. The summed E-state index contributed by atoms with van der Waals surface area (Å²) >= 11 is 0. The average molecular weight is 307 g/mol. The van der Waals surface area contributed by atoms with E-state index in [0.29, 0.717) is 13.0 Å². The highest BCUT2D eigenvalue weighted by Crippen LogP contribution is 2.23. The Labute approximate surface area is 133 Å². The van der Waals surface area contributed by atoms with Crippen molar-refractivity contribution in [1.29, 1.82) is 0 Å². The first-order chi connectivity index (χ1) is 10.2. The fraction of sp³-hybridized carbons (Fsp3) is 0.611. The van der Waals surface area contributed by atoms with Crippen LogP contribution in [-0.4, -0.2) is 30.3 Å². The van der Waals surface area contributed by atoms with Crippen molar-refractivity contribution in [3.05, 3.63) is 35.4 Å². The molecule has 1 aromatic rings. The van der Waals surface area contributed by atoms with E-state index in [1.54, 1.807) is 0 Å². The van der Waals surface area contributed by atoms with Crippen molar-refractivity contribution in [2.24, 2.45) is 0 Å². The third kappa shape index (κ3) is 6.58. The Bertz CT molecular complexity index is 460. The van der Waals surface area contributed by atoms with Gasteiger partial charge in [0.2, 0.25) is 5.91 Å². The molecule has 1 atom stereocenters. The molecule has 22 heavy (non-hydrogen) atoms. The van der Waals surface area contributed by atoms with E-state index < -0.39 is 6.10 Å². The molecule has 2 N–H and O–H groups in total. The molecule has 1 rings (SSSR count). The van der Waals surface area contributed by atoms with E-state index in [2.05, 4.69) is 26.1 Å². The van der Waals surface area contributed by atoms with Gasteiger partial charge in [0.05, 0.1) is 18.8 Å². The molecule has 0 spiro atoms. The van der Waals surface area contributed by atoms with Gasteiger partial charge in [0, 0.05) is 13.0 Å². The summed E-state index contributed by atoms with van der Waals surface area (Å²) in [5, 5.41) is 12.9. The van der Waals surface area contributed by atoms with E-state index in [1.165, 1.54) is 5.56 Å². The summed E-state index contributed by atoms with van der Waals surface area (Å²) in [6, 6.07) is 7.88. The van der Waals surface area contributed by atoms with E-state index in [-0.39, 0.29) is 24.0 Å². The first-order valence-corrected chi connectivity index (χ1v) is 7.87. The summed E-state index contributed by atoms with van der Waals surface area (Å²) < 4.78 is 5.33. The number of carbonyl (C=O) groups excluding carboxylic acids is 1. The molecule has 0 aliphatic rings. The van der Waals surface area contributed by atoms with Crippen LogP contribution in [0.25, 0.3) is 0 Å². The second-order valence-electron chi connectivity index (χ2n) is 6.86. The van der Waals surface area contributed by atoms with Gasteiger partial charge in [0.15, 0.2) is 0 Å². The van der Waals surface area contributed by atoms with Crippen molar-refractivity contribution in [1.82, 2.24) is 5.32 Å². The van der Waals surface area contributed by atoms with Crippen LogP contribution in [0, 0.1) is 0 Å². The lowest BCUT2D eigenvalue weighted by Gasteiger charge is -2.20. The fourth-order valence-corrected chi connectivity index (χ4v) is 2.01. The predicted molar refractivity (Wildman–Crippen MR) is 88.8 cm³/mol. The Morgan fingerprint density at radius 3 is 2.32 bits per heavy atom. The van der Waals surface area contributed by atoms with Crippen molar-refractivity contribution in [3.8, 4) is 0 Å². The van der Waals surface area contributed by atoms with Gasteiger partial charge >= 0.3 is 0 Å². The highest BCUT2D eigenvalue weighted by molar-refractivity contribution is 5.76. The highest BCUT2D eigenvalue weighted by atomic mass is 16.5. The zero-order valence-corrected chi connectivity index (χ0v) is 14.3. The topological polar surface area (TPSA) is 58.6 Å². The lowest BCUT2D eigenvalue weighted by Crippen LogP contribution is -2.29. The molecule has 0 bridgehead atoms. The van der Waals surface area contributed by atoms with Crippen molar-refractivity contribution in [2.75, 3.05) is 13.2 Å². The monoisotopic (exact) mass is 307 g/mol. The molecule has 0 aromatic heterocycles. The SMILES string of the molecule is CC(C)OCCC(=O)NCC(O)c1ccc(C(C)(C)C)cc1. The van der Waals surface area contributed by atoms with Crippen LogP contribution in [0.5, 0.6) is 0 Å². The summed E-state index contributed by atoms with van der Waals surface area (Å²) in [6.45, 7) is 10.9. The van der Waals surface area contributed by atoms with E-state index >= 15 is 0 Å². The lowest BCUT2D eigenvalue weighted by molar-refractivity contribution is -0.122. The average Bonchev–Trinajstić information content (AvgIpc) is 2.43. The van der Waals surface area contributed by atoms with Crippen LogP contribution < -0.4 is 5.32 Å². The van der Waals surface area contributed by atoms with Crippen LogP contribution in [-0.2, 0) is 14.9 Å². The van der Waals surface area contributed by atoms with Crippen molar-refractivity contribution >= 4 is 5.91 Å². The van der Waals surface area contributed by atoms with Gasteiger partial charge in [0.1, 0.15) is 0 Å². The maximum Gasteiger partial charge on any atom is 0.222 e. The molecule has 0 heterocycles. The second kappa shape index (κ2) is 8.30. The molecular formula is C18H29NO3. The summed E-state index contributed by atoms with van der Waals surface area (Å²) in [6.07, 6.45) is -0.253. The number of aliphatic hydroxyl groups excluding tert-OH is 1. The smallest absolute Gasteiger partial charge is 0.222 e. The first kappa shape index (κ1) is 18.7. The standard InChI is InChI=1S/C18H29NO3/c1-13(2)22-11-10-17(21)19-12-16(20)14-6-8-15(9-7-14)18(3,4)5/h6-9,13,16,20H,10-12H2,1-5H3,(H,19,21). The number of amides is 1. The van der Waals surface area contributed by atoms with Crippen LogP contribution in [0.2, 0.25) is 0 Å². The van der Waals surface area contributed by atoms with Crippen LogP contribution >= 0.6 is 0 Å². The number of rotatable bonds is 7. The van der Waals surface area contributed by atoms with E-state index in [1.807, 2.05) is 38.1 Å². The normalized spacial score (nSPS) is 13.2. The Balaban J connectivity index is 2.42. The number of carbonyl (C=O) groups is 1. The molecule has 124 valence electrons. The molecule has 0 saturated heterocycles. The van der Waals surface area contributed by atoms with Gasteiger partial charge in [-0.3, -0.25) is 4.79 Å². The van der Waals surface area contributed by atoms with Crippen molar-refractivity contribution < 1.29 is 14.6 Å². The van der Waals surface area contributed by atoms with E-state index in [0.717, 1.165) is 5.56 Å². The maximum atomic E-state index is 11.6. The molecule has 1 amide bonds. The molecular weight excluding hydrogens is 278 g/mol. The summed E-state index contributed by atoms with van der Waals surface area (Å²) in [4.78, 5) is 11.6. The van der Waals surface area contributed by atoms with Crippen molar-refractivity contribution in [2.45, 2.75) is 58.7 Å². The summed E-state index contributed by atoms with van der Waals surface area (Å²) in [5.74, 6) is -0.106. The molecule has 0 fully saturated rings. The Morgan fingerprint density at radius 2 is 1.82 bits per heavy atom. The number of hydrogen-bond donors (Lipinski definition) is 2. The Morgan fingerprint density at radius 1 is 1.23 bits per heavy atom. The Kier molecular flexibility index (Phi) is 7.04. The van der Waals surface area contributed by atoms with Gasteiger partial charge in [-0.15, -0.1) is 0 Å². The van der Waals surface area contributed by atoms with Gasteiger partial charge in [-0.05, 0) is 30.4 Å². The van der Waals surface area contributed by atoms with E-state index in [9.17, 15) is 9.90 Å². The minimum Gasteiger partial charge on any atom is -0.387 e. The molecule has 1 aromatic carbocycles. The quantitative estimate of drug-likeness (QED) is 0.814. The van der Waals surface area contributed by atoms with Crippen molar-refractivity contribution in [3.63, 3.8) is 0 Å². The van der Waals surface area contributed by atoms with Crippen LogP contribution in [0.3, 0.4) is 0 Å². The number of ether oxygens (including phenoxy) is 1. The highest BCUT2D eigenvalue weighted by Gasteiger charge is 2.15. The third-order valence-corrected chi connectivity index (χ3v) is 3.43. The number of aliphatic hydroxyl groups is 1. The van der Waals surface area contributed by atoms with Gasteiger partial charge in [-0.2, -0.15) is 0 Å². The summed E-state index contributed by atoms with van der Waals surface area (Å²) in [7, 11) is 0. The summed E-state index contributed by atoms with van der Waals surface area (Å²) in [5.41, 5.74) is 2.12. The molecule has 0 aliphatic carbocycles. The zero-order chi connectivity index (χ0) is 16.8. The minimum absolute atomic E-state index is 0.0914. The molecule has 0 saturated carbocycles. The second-order valence-corrected chi connectivity index (χ2v) is 6.86. The zero-order valence-electron chi connectivity index (χ0n) is 14.3. The largest absolute Gasteiger partial charge is 0.387 e. The predicted octanol–water partition coefficient (Wildman–Crippen LogP) is 2.95. The van der Waals surface area contributed by atoms with Crippen LogP contribution in [0.1, 0.15) is 58.3 Å². The van der Waals surface area contributed by atoms with Gasteiger partial charge in [-0.1, -0.05) is 45.0 Å². The molecule has 0 radical (unpaired) electrons. The maximum absolute atomic E-state index is 11.6. The fourth-order valence-electron chi connectivity index (χ4n) is 2.01.